The first-order chi connectivity index (χ1) is 8.67. The molecule has 1 aromatic carbocycles. The van der Waals surface area contributed by atoms with Gasteiger partial charge in [-0.25, -0.2) is 4.68 Å². The summed E-state index contributed by atoms with van der Waals surface area (Å²) in [5.41, 5.74) is 1.21. The highest BCUT2D eigenvalue weighted by Crippen LogP contribution is 2.31. The number of nitrogens with zero attached hydrogens (tertiary/aromatic N) is 3. The first-order valence-electron chi connectivity index (χ1n) is 5.57. The molecule has 0 fully saturated rings. The van der Waals surface area contributed by atoms with Gasteiger partial charge in [0.2, 0.25) is 0 Å². The molecule has 0 saturated heterocycles. The second-order valence-electron chi connectivity index (χ2n) is 3.76. The summed E-state index contributed by atoms with van der Waals surface area (Å²) < 4.78 is 6.85. The van der Waals surface area contributed by atoms with Crippen LogP contribution in [0.15, 0.2) is 24.4 Å². The smallest absolute Gasteiger partial charge is 0.126 e. The van der Waals surface area contributed by atoms with Crippen molar-refractivity contribution >= 4 is 11.6 Å². The van der Waals surface area contributed by atoms with Gasteiger partial charge in [0.15, 0.2) is 0 Å². The average Bonchev–Trinajstić information content (AvgIpc) is 2.86. The number of aryl methyl sites for hydroxylation is 1. The number of hydrogen-bond acceptors (Lipinski definition) is 4. The molecule has 5 nitrogen and oxygen atoms in total. The van der Waals surface area contributed by atoms with E-state index in [1.165, 1.54) is 6.20 Å². The Bertz CT molecular complexity index is 542. The van der Waals surface area contributed by atoms with E-state index in [1.54, 1.807) is 30.0 Å². The quantitative estimate of drug-likeness (QED) is 0.921. The van der Waals surface area contributed by atoms with E-state index in [4.69, 9.17) is 16.3 Å². The van der Waals surface area contributed by atoms with Crippen LogP contribution in [0.25, 0.3) is 0 Å². The van der Waals surface area contributed by atoms with Crippen LogP contribution in [0.5, 0.6) is 5.75 Å². The number of aliphatic hydroxyl groups is 1. The Labute approximate surface area is 110 Å². The lowest BCUT2D eigenvalue weighted by atomic mass is 10.1. The molecule has 0 aliphatic carbocycles. The monoisotopic (exact) mass is 267 g/mol. The molecule has 0 radical (unpaired) electrons. The molecule has 6 heteroatoms. The van der Waals surface area contributed by atoms with Gasteiger partial charge < -0.3 is 9.84 Å². The summed E-state index contributed by atoms with van der Waals surface area (Å²) in [6.07, 6.45) is 0.669. The van der Waals surface area contributed by atoms with E-state index in [0.29, 0.717) is 28.6 Å². The topological polar surface area (TPSA) is 60.2 Å². The molecule has 1 unspecified atom stereocenters. The van der Waals surface area contributed by atoms with E-state index in [2.05, 4.69) is 10.3 Å². The number of benzene rings is 1. The number of halogens is 1. The SMILES string of the molecule is CCn1nncc1C(O)c1cc(Cl)ccc1OC. The van der Waals surface area contributed by atoms with Crippen LogP contribution in [-0.2, 0) is 6.54 Å². The fourth-order valence-corrected chi connectivity index (χ4v) is 1.98. The number of aliphatic hydroxyl groups excluding tert-OH is 1. The molecule has 2 rings (SSSR count). The summed E-state index contributed by atoms with van der Waals surface area (Å²) in [5, 5.41) is 18.6. The third kappa shape index (κ3) is 2.32. The van der Waals surface area contributed by atoms with Crippen molar-refractivity contribution in [3.63, 3.8) is 0 Å². The third-order valence-electron chi connectivity index (χ3n) is 2.71. The largest absolute Gasteiger partial charge is 0.496 e. The van der Waals surface area contributed by atoms with Crippen LogP contribution in [0, 0.1) is 0 Å². The van der Waals surface area contributed by atoms with Crippen molar-refractivity contribution in [2.75, 3.05) is 7.11 Å². The van der Waals surface area contributed by atoms with Crippen LogP contribution >= 0.6 is 11.6 Å². The lowest BCUT2D eigenvalue weighted by molar-refractivity contribution is 0.203. The third-order valence-corrected chi connectivity index (χ3v) is 2.95. The lowest BCUT2D eigenvalue weighted by Gasteiger charge is -2.15. The number of ether oxygens (including phenoxy) is 1. The van der Waals surface area contributed by atoms with Crippen LogP contribution in [0.1, 0.15) is 24.3 Å². The molecule has 1 aromatic heterocycles. The van der Waals surface area contributed by atoms with Crippen LogP contribution in [0.4, 0.5) is 0 Å². The van der Waals surface area contributed by atoms with Crippen molar-refractivity contribution < 1.29 is 9.84 Å². The summed E-state index contributed by atoms with van der Waals surface area (Å²) in [5.74, 6) is 0.579. The van der Waals surface area contributed by atoms with E-state index < -0.39 is 6.10 Å². The van der Waals surface area contributed by atoms with Gasteiger partial charge in [0.25, 0.3) is 0 Å². The first kappa shape index (κ1) is 12.9. The Morgan fingerprint density at radius 3 is 2.94 bits per heavy atom. The van der Waals surface area contributed by atoms with E-state index >= 15 is 0 Å². The van der Waals surface area contributed by atoms with E-state index in [1.807, 2.05) is 6.92 Å². The van der Waals surface area contributed by atoms with Gasteiger partial charge in [0.05, 0.1) is 19.0 Å². The molecule has 0 aliphatic heterocycles. The van der Waals surface area contributed by atoms with E-state index in [0.717, 1.165) is 0 Å². The maximum absolute atomic E-state index is 10.4. The van der Waals surface area contributed by atoms with Crippen molar-refractivity contribution in [2.24, 2.45) is 0 Å². The minimum atomic E-state index is -0.867. The summed E-state index contributed by atoms with van der Waals surface area (Å²) in [6, 6.07) is 5.12. The molecule has 2 aromatic rings. The highest BCUT2D eigenvalue weighted by molar-refractivity contribution is 6.30. The van der Waals surface area contributed by atoms with Crippen molar-refractivity contribution in [3.05, 3.63) is 40.7 Å². The molecule has 0 aliphatic rings. The zero-order valence-corrected chi connectivity index (χ0v) is 10.9. The minimum Gasteiger partial charge on any atom is -0.496 e. The molecule has 1 heterocycles. The van der Waals surface area contributed by atoms with Crippen LogP contribution in [0.3, 0.4) is 0 Å². The second kappa shape index (κ2) is 5.37. The van der Waals surface area contributed by atoms with Gasteiger partial charge in [-0.2, -0.15) is 0 Å². The van der Waals surface area contributed by atoms with Gasteiger partial charge in [-0.05, 0) is 25.1 Å². The standard InChI is InChI=1S/C12H14ClN3O2/c1-3-16-10(7-14-15-16)12(17)9-6-8(13)4-5-11(9)18-2/h4-7,12,17H,3H2,1-2H3. The maximum Gasteiger partial charge on any atom is 0.126 e. The zero-order chi connectivity index (χ0) is 13.1. The van der Waals surface area contributed by atoms with Gasteiger partial charge in [0.1, 0.15) is 11.9 Å². The molecule has 18 heavy (non-hydrogen) atoms. The van der Waals surface area contributed by atoms with Gasteiger partial charge in [-0.15, -0.1) is 5.10 Å². The molecule has 0 bridgehead atoms. The number of rotatable bonds is 4. The normalized spacial score (nSPS) is 12.4. The zero-order valence-electron chi connectivity index (χ0n) is 10.2. The Morgan fingerprint density at radius 1 is 1.50 bits per heavy atom. The highest BCUT2D eigenvalue weighted by atomic mass is 35.5. The summed E-state index contributed by atoms with van der Waals surface area (Å²) in [7, 11) is 1.55. The highest BCUT2D eigenvalue weighted by Gasteiger charge is 2.20. The Morgan fingerprint density at radius 2 is 2.28 bits per heavy atom. The molecule has 0 spiro atoms. The first-order valence-corrected chi connectivity index (χ1v) is 5.95. The van der Waals surface area contributed by atoms with Crippen molar-refractivity contribution in [1.82, 2.24) is 15.0 Å². The predicted molar refractivity (Wildman–Crippen MR) is 67.8 cm³/mol. The van der Waals surface area contributed by atoms with E-state index in [-0.39, 0.29) is 0 Å². The Balaban J connectivity index is 2.45. The van der Waals surface area contributed by atoms with Crippen LogP contribution < -0.4 is 4.74 Å². The molecule has 1 N–H and O–H groups in total. The van der Waals surface area contributed by atoms with Gasteiger partial charge in [-0.1, -0.05) is 16.8 Å². The number of hydrogen-bond donors (Lipinski definition) is 1. The Kier molecular flexibility index (Phi) is 3.84. The molecular weight excluding hydrogens is 254 g/mol. The maximum atomic E-state index is 10.4. The summed E-state index contributed by atoms with van der Waals surface area (Å²) >= 11 is 5.95. The van der Waals surface area contributed by atoms with Crippen molar-refractivity contribution in [1.29, 1.82) is 0 Å². The predicted octanol–water partition coefficient (Wildman–Crippen LogP) is 2.04. The van der Waals surface area contributed by atoms with Crippen molar-refractivity contribution in [3.8, 4) is 5.75 Å². The second-order valence-corrected chi connectivity index (χ2v) is 4.20. The molecule has 0 saturated carbocycles. The summed E-state index contributed by atoms with van der Waals surface area (Å²) in [4.78, 5) is 0. The number of aromatic nitrogens is 3. The summed E-state index contributed by atoms with van der Waals surface area (Å²) in [6.45, 7) is 2.56. The average molecular weight is 268 g/mol. The van der Waals surface area contributed by atoms with Crippen molar-refractivity contribution in [2.45, 2.75) is 19.6 Å². The van der Waals surface area contributed by atoms with Gasteiger partial charge in [-0.3, -0.25) is 0 Å². The van der Waals surface area contributed by atoms with Crippen LogP contribution in [-0.4, -0.2) is 27.2 Å². The van der Waals surface area contributed by atoms with Crippen LogP contribution in [0.2, 0.25) is 5.02 Å². The van der Waals surface area contributed by atoms with Gasteiger partial charge in [0, 0.05) is 17.1 Å². The fraction of sp³-hybridized carbons (Fsp3) is 0.333. The number of methoxy groups -OCH3 is 1. The minimum absolute atomic E-state index is 0.542. The molecular formula is C12H14ClN3O2. The lowest BCUT2D eigenvalue weighted by Crippen LogP contribution is -2.10. The molecule has 1 atom stereocenters. The Hall–Kier alpha value is -1.59. The molecule has 96 valence electrons. The fourth-order valence-electron chi connectivity index (χ4n) is 1.80. The van der Waals surface area contributed by atoms with Gasteiger partial charge >= 0.3 is 0 Å². The molecule has 0 amide bonds. The van der Waals surface area contributed by atoms with E-state index in [9.17, 15) is 5.11 Å².